The molecule has 8 heteroatoms. The Morgan fingerprint density at radius 3 is 2.75 bits per heavy atom. The Morgan fingerprint density at radius 2 is 2.12 bits per heavy atom. The number of hydrogen-bond acceptors (Lipinski definition) is 5. The van der Waals surface area contributed by atoms with Gasteiger partial charge in [0.05, 0.1) is 10.5 Å². The smallest absolute Gasteiger partial charge is 0.336 e. The van der Waals surface area contributed by atoms with Crippen molar-refractivity contribution in [2.24, 2.45) is 0 Å². The second-order valence-electron chi connectivity index (χ2n) is 5.76. The number of aromatic nitrogens is 2. The summed E-state index contributed by atoms with van der Waals surface area (Å²) in [5, 5.41) is 20.6. The lowest BCUT2D eigenvalue weighted by Gasteiger charge is -2.22. The van der Waals surface area contributed by atoms with Gasteiger partial charge in [0.1, 0.15) is 11.5 Å². The molecule has 0 spiro atoms. The number of carbonyl (C=O) groups is 1. The highest BCUT2D eigenvalue weighted by molar-refractivity contribution is 5.91. The molecule has 24 heavy (non-hydrogen) atoms. The van der Waals surface area contributed by atoms with Crippen molar-refractivity contribution < 1.29 is 19.6 Å². The van der Waals surface area contributed by atoms with Gasteiger partial charge in [0.2, 0.25) is 0 Å². The topological polar surface area (TPSA) is 107 Å². The van der Waals surface area contributed by atoms with Crippen LogP contribution in [0.5, 0.6) is 0 Å². The fraction of sp³-hybridized carbons (Fsp3) is 0.375. The lowest BCUT2D eigenvalue weighted by Crippen LogP contribution is -2.18. The van der Waals surface area contributed by atoms with E-state index in [4.69, 9.17) is 4.74 Å². The molecule has 0 amide bonds. The van der Waals surface area contributed by atoms with Gasteiger partial charge in [0.15, 0.2) is 0 Å². The summed E-state index contributed by atoms with van der Waals surface area (Å²) in [4.78, 5) is 26.5. The Morgan fingerprint density at radius 1 is 1.42 bits per heavy atom. The Kier molecular flexibility index (Phi) is 4.30. The predicted octanol–water partition coefficient (Wildman–Crippen LogP) is 2.68. The van der Waals surface area contributed by atoms with Gasteiger partial charge in [-0.2, -0.15) is 0 Å². The Balaban J connectivity index is 2.13. The molecule has 1 aliphatic heterocycles. The average molecular weight is 331 g/mol. The van der Waals surface area contributed by atoms with Crippen LogP contribution in [-0.4, -0.2) is 38.8 Å². The molecule has 3 rings (SSSR count). The fourth-order valence-corrected chi connectivity index (χ4v) is 3.03. The third-order valence-corrected chi connectivity index (χ3v) is 4.26. The minimum atomic E-state index is -1.18. The van der Waals surface area contributed by atoms with E-state index in [2.05, 4.69) is 4.98 Å². The standard InChI is InChI=1S/C16H17N3O5/c1-10-8-13(14(19(22)23)9-12(10)16(20)21)18-5-4-17-15(18)11-2-6-24-7-3-11/h4-5,8-9,11H,2-3,6-7H2,1H3,(H,20,21). The fourth-order valence-electron chi connectivity index (χ4n) is 3.03. The van der Waals surface area contributed by atoms with Gasteiger partial charge < -0.3 is 9.84 Å². The summed E-state index contributed by atoms with van der Waals surface area (Å²) < 4.78 is 7.04. The van der Waals surface area contributed by atoms with Crippen molar-refractivity contribution in [3.05, 3.63) is 51.6 Å². The van der Waals surface area contributed by atoms with Crippen molar-refractivity contribution in [2.45, 2.75) is 25.7 Å². The van der Waals surface area contributed by atoms with E-state index in [1.165, 1.54) is 6.07 Å². The number of imidazole rings is 1. The second kappa shape index (κ2) is 6.40. The molecule has 8 nitrogen and oxygen atoms in total. The number of nitro groups is 1. The molecule has 126 valence electrons. The molecular formula is C16H17N3O5. The van der Waals surface area contributed by atoms with Crippen LogP contribution in [-0.2, 0) is 4.74 Å². The molecule has 1 aliphatic rings. The van der Waals surface area contributed by atoms with E-state index in [-0.39, 0.29) is 17.2 Å². The first-order valence-corrected chi connectivity index (χ1v) is 7.62. The number of carboxylic acids is 1. The van der Waals surface area contributed by atoms with E-state index in [1.807, 2.05) is 0 Å². The minimum absolute atomic E-state index is 0.0711. The Labute approximate surface area is 137 Å². The third-order valence-electron chi connectivity index (χ3n) is 4.26. The predicted molar refractivity (Wildman–Crippen MR) is 84.7 cm³/mol. The summed E-state index contributed by atoms with van der Waals surface area (Å²) in [5.41, 5.74) is 0.485. The van der Waals surface area contributed by atoms with Crippen LogP contribution in [0.2, 0.25) is 0 Å². The van der Waals surface area contributed by atoms with Gasteiger partial charge in [-0.25, -0.2) is 9.78 Å². The van der Waals surface area contributed by atoms with Gasteiger partial charge in [0, 0.05) is 37.6 Å². The number of rotatable bonds is 4. The molecule has 1 fully saturated rings. The molecule has 0 aliphatic carbocycles. The van der Waals surface area contributed by atoms with Crippen LogP contribution in [0, 0.1) is 17.0 Å². The summed E-state index contributed by atoms with van der Waals surface area (Å²) in [6, 6.07) is 2.65. The number of ether oxygens (including phenoxy) is 1. The number of aryl methyl sites for hydroxylation is 1. The van der Waals surface area contributed by atoms with Crippen LogP contribution in [0.1, 0.15) is 40.5 Å². The Bertz CT molecular complexity index is 793. The number of nitro benzene ring substituents is 1. The highest BCUT2D eigenvalue weighted by atomic mass is 16.6. The number of carboxylic acid groups (broad SMARTS) is 1. The molecule has 1 saturated heterocycles. The van der Waals surface area contributed by atoms with Crippen molar-refractivity contribution in [3.8, 4) is 5.69 Å². The molecule has 1 aromatic heterocycles. The molecular weight excluding hydrogens is 314 g/mol. The zero-order valence-corrected chi connectivity index (χ0v) is 13.1. The van der Waals surface area contributed by atoms with Crippen LogP contribution in [0.3, 0.4) is 0 Å². The lowest BCUT2D eigenvalue weighted by atomic mass is 9.99. The van der Waals surface area contributed by atoms with Gasteiger partial charge in [-0.15, -0.1) is 0 Å². The van der Waals surface area contributed by atoms with Crippen molar-refractivity contribution >= 4 is 11.7 Å². The average Bonchev–Trinajstić information content (AvgIpc) is 3.04. The van der Waals surface area contributed by atoms with Crippen LogP contribution in [0.15, 0.2) is 24.5 Å². The molecule has 2 aromatic rings. The van der Waals surface area contributed by atoms with Gasteiger partial charge in [-0.05, 0) is 31.4 Å². The first-order chi connectivity index (χ1) is 11.5. The molecule has 2 heterocycles. The van der Waals surface area contributed by atoms with E-state index >= 15 is 0 Å². The van der Waals surface area contributed by atoms with Crippen molar-refractivity contribution in [2.75, 3.05) is 13.2 Å². The normalized spacial score (nSPS) is 15.4. The molecule has 1 N–H and O–H groups in total. The second-order valence-corrected chi connectivity index (χ2v) is 5.76. The van der Waals surface area contributed by atoms with E-state index < -0.39 is 10.9 Å². The van der Waals surface area contributed by atoms with Crippen molar-refractivity contribution in [1.82, 2.24) is 9.55 Å². The summed E-state index contributed by atoms with van der Waals surface area (Å²) >= 11 is 0. The minimum Gasteiger partial charge on any atom is -0.478 e. The summed E-state index contributed by atoms with van der Waals surface area (Å²) in [5.74, 6) is -0.283. The summed E-state index contributed by atoms with van der Waals surface area (Å²) in [6.07, 6.45) is 4.88. The maximum absolute atomic E-state index is 11.4. The number of hydrogen-bond donors (Lipinski definition) is 1. The zero-order valence-electron chi connectivity index (χ0n) is 13.1. The van der Waals surface area contributed by atoms with Crippen molar-refractivity contribution in [3.63, 3.8) is 0 Å². The number of nitrogens with zero attached hydrogens (tertiary/aromatic N) is 3. The lowest BCUT2D eigenvalue weighted by molar-refractivity contribution is -0.384. The quantitative estimate of drug-likeness (QED) is 0.681. The van der Waals surface area contributed by atoms with Gasteiger partial charge >= 0.3 is 5.97 Å². The monoisotopic (exact) mass is 331 g/mol. The zero-order chi connectivity index (χ0) is 17.3. The van der Waals surface area contributed by atoms with Crippen LogP contribution in [0.25, 0.3) is 5.69 Å². The molecule has 0 unspecified atom stereocenters. The maximum Gasteiger partial charge on any atom is 0.336 e. The molecule has 1 aromatic carbocycles. The van der Waals surface area contributed by atoms with Gasteiger partial charge in [0.25, 0.3) is 5.69 Å². The van der Waals surface area contributed by atoms with Crippen molar-refractivity contribution in [1.29, 1.82) is 0 Å². The van der Waals surface area contributed by atoms with Crippen LogP contribution < -0.4 is 0 Å². The Hall–Kier alpha value is -2.74. The van der Waals surface area contributed by atoms with Crippen LogP contribution >= 0.6 is 0 Å². The molecule has 0 bridgehead atoms. The first kappa shape index (κ1) is 16.1. The highest BCUT2D eigenvalue weighted by Crippen LogP contribution is 2.32. The number of benzene rings is 1. The van der Waals surface area contributed by atoms with E-state index in [0.29, 0.717) is 24.5 Å². The molecule has 0 atom stereocenters. The largest absolute Gasteiger partial charge is 0.478 e. The highest BCUT2D eigenvalue weighted by Gasteiger charge is 2.26. The third kappa shape index (κ3) is 2.88. The summed E-state index contributed by atoms with van der Waals surface area (Å²) in [7, 11) is 0. The maximum atomic E-state index is 11.4. The van der Waals surface area contributed by atoms with Crippen LogP contribution in [0.4, 0.5) is 5.69 Å². The SMILES string of the molecule is Cc1cc(-n2ccnc2C2CCOCC2)c([N+](=O)[O-])cc1C(=O)O. The molecule has 0 radical (unpaired) electrons. The summed E-state index contributed by atoms with van der Waals surface area (Å²) in [6.45, 7) is 2.90. The van der Waals surface area contributed by atoms with Gasteiger partial charge in [-0.1, -0.05) is 0 Å². The van der Waals surface area contributed by atoms with Gasteiger partial charge in [-0.3, -0.25) is 14.7 Å². The number of aromatic carboxylic acids is 1. The van der Waals surface area contributed by atoms with E-state index in [9.17, 15) is 20.0 Å². The van der Waals surface area contributed by atoms with E-state index in [0.717, 1.165) is 24.7 Å². The first-order valence-electron chi connectivity index (χ1n) is 7.62. The van der Waals surface area contributed by atoms with E-state index in [1.54, 1.807) is 23.9 Å². The molecule has 0 saturated carbocycles.